The molecule has 0 saturated carbocycles. The van der Waals surface area contributed by atoms with Gasteiger partial charge in [0.15, 0.2) is 5.76 Å². The Kier molecular flexibility index (Phi) is 3.62. The third-order valence-corrected chi connectivity index (χ3v) is 2.47. The van der Waals surface area contributed by atoms with Gasteiger partial charge in [-0.25, -0.2) is 4.39 Å². The Bertz CT molecular complexity index is 537. The zero-order valence-electron chi connectivity index (χ0n) is 10.2. The molecule has 1 N–H and O–H groups in total. The van der Waals surface area contributed by atoms with Gasteiger partial charge in [-0.1, -0.05) is 5.16 Å². The summed E-state index contributed by atoms with van der Waals surface area (Å²) in [6.45, 7) is 3.55. The van der Waals surface area contributed by atoms with Gasteiger partial charge in [0, 0.05) is 11.6 Å². The number of aliphatic hydroxyl groups excluding tert-OH is 1. The Morgan fingerprint density at radius 2 is 2.22 bits per heavy atom. The minimum Gasteiger partial charge on any atom is -0.485 e. The van der Waals surface area contributed by atoms with Crippen molar-refractivity contribution in [3.63, 3.8) is 0 Å². The van der Waals surface area contributed by atoms with E-state index in [1.54, 1.807) is 13.0 Å². The van der Waals surface area contributed by atoms with E-state index in [1.807, 2.05) is 6.92 Å². The van der Waals surface area contributed by atoms with Gasteiger partial charge in [-0.2, -0.15) is 0 Å². The average Bonchev–Trinajstić information content (AvgIpc) is 2.73. The van der Waals surface area contributed by atoms with Crippen molar-refractivity contribution < 1.29 is 18.8 Å². The number of hydrogen-bond donors (Lipinski definition) is 1. The van der Waals surface area contributed by atoms with Crippen LogP contribution < -0.4 is 4.74 Å². The van der Waals surface area contributed by atoms with Crippen LogP contribution in [0.4, 0.5) is 4.39 Å². The highest BCUT2D eigenvalue weighted by Gasteiger charge is 2.11. The van der Waals surface area contributed by atoms with Crippen LogP contribution in [0.2, 0.25) is 0 Å². The molecule has 96 valence electrons. The summed E-state index contributed by atoms with van der Waals surface area (Å²) in [7, 11) is 0. The highest BCUT2D eigenvalue weighted by atomic mass is 19.1. The molecule has 1 aromatic carbocycles. The molecule has 1 aromatic heterocycles. The SMILES string of the molecule is Cc1cc(COc2ccc(F)cc2[C@@H](C)O)on1. The van der Waals surface area contributed by atoms with Gasteiger partial charge in [0.05, 0.1) is 11.8 Å². The first kappa shape index (κ1) is 12.6. The summed E-state index contributed by atoms with van der Waals surface area (Å²) in [5.41, 5.74) is 1.18. The zero-order valence-corrected chi connectivity index (χ0v) is 10.2. The molecular formula is C13H14FNO3. The molecule has 1 atom stereocenters. The molecule has 0 radical (unpaired) electrons. The number of hydrogen-bond acceptors (Lipinski definition) is 4. The molecule has 5 heteroatoms. The maximum absolute atomic E-state index is 13.1. The fraction of sp³-hybridized carbons (Fsp3) is 0.308. The maximum atomic E-state index is 13.1. The van der Waals surface area contributed by atoms with Crippen molar-refractivity contribution in [3.8, 4) is 5.75 Å². The molecule has 0 aliphatic heterocycles. The number of benzene rings is 1. The largest absolute Gasteiger partial charge is 0.485 e. The smallest absolute Gasteiger partial charge is 0.174 e. The van der Waals surface area contributed by atoms with Gasteiger partial charge in [0.25, 0.3) is 0 Å². The first-order valence-electron chi connectivity index (χ1n) is 5.59. The van der Waals surface area contributed by atoms with E-state index in [1.165, 1.54) is 18.2 Å². The summed E-state index contributed by atoms with van der Waals surface area (Å²) >= 11 is 0. The van der Waals surface area contributed by atoms with E-state index >= 15 is 0 Å². The van der Waals surface area contributed by atoms with Gasteiger partial charge in [-0.15, -0.1) is 0 Å². The molecule has 0 spiro atoms. The molecule has 18 heavy (non-hydrogen) atoms. The molecule has 0 aliphatic rings. The van der Waals surface area contributed by atoms with E-state index < -0.39 is 11.9 Å². The van der Waals surface area contributed by atoms with Crippen LogP contribution in [-0.4, -0.2) is 10.3 Å². The molecule has 2 rings (SSSR count). The van der Waals surface area contributed by atoms with Gasteiger partial charge in [-0.3, -0.25) is 0 Å². The average molecular weight is 251 g/mol. The Balaban J connectivity index is 2.13. The van der Waals surface area contributed by atoms with Crippen molar-refractivity contribution >= 4 is 0 Å². The van der Waals surface area contributed by atoms with Crippen LogP contribution in [0.3, 0.4) is 0 Å². The van der Waals surface area contributed by atoms with E-state index in [2.05, 4.69) is 5.16 Å². The second-order valence-electron chi connectivity index (χ2n) is 4.08. The topological polar surface area (TPSA) is 55.5 Å². The molecule has 4 nitrogen and oxygen atoms in total. The highest BCUT2D eigenvalue weighted by Crippen LogP contribution is 2.26. The lowest BCUT2D eigenvalue weighted by molar-refractivity contribution is 0.185. The Hall–Kier alpha value is -1.88. The number of rotatable bonds is 4. The number of aryl methyl sites for hydroxylation is 1. The van der Waals surface area contributed by atoms with Gasteiger partial charge < -0.3 is 14.4 Å². The molecule has 0 bridgehead atoms. The first-order valence-corrected chi connectivity index (χ1v) is 5.59. The van der Waals surface area contributed by atoms with Gasteiger partial charge in [0.1, 0.15) is 18.2 Å². The number of halogens is 1. The summed E-state index contributed by atoms with van der Waals surface area (Å²) in [5.74, 6) is 0.600. The van der Waals surface area contributed by atoms with Gasteiger partial charge in [-0.05, 0) is 32.0 Å². The fourth-order valence-corrected chi connectivity index (χ4v) is 1.61. The van der Waals surface area contributed by atoms with E-state index in [0.717, 1.165) is 5.69 Å². The molecule has 0 aliphatic carbocycles. The number of ether oxygens (including phenoxy) is 1. The van der Waals surface area contributed by atoms with Crippen molar-refractivity contribution in [2.45, 2.75) is 26.6 Å². The van der Waals surface area contributed by atoms with E-state index in [0.29, 0.717) is 17.1 Å². The van der Waals surface area contributed by atoms with Crippen LogP contribution in [0.5, 0.6) is 5.75 Å². The molecule has 0 unspecified atom stereocenters. The number of nitrogens with zero attached hydrogens (tertiary/aromatic N) is 1. The van der Waals surface area contributed by atoms with E-state index in [-0.39, 0.29) is 6.61 Å². The van der Waals surface area contributed by atoms with Crippen LogP contribution in [0.15, 0.2) is 28.8 Å². The second-order valence-corrected chi connectivity index (χ2v) is 4.08. The lowest BCUT2D eigenvalue weighted by Crippen LogP contribution is -2.01. The number of aromatic nitrogens is 1. The van der Waals surface area contributed by atoms with E-state index in [4.69, 9.17) is 9.26 Å². The minimum absolute atomic E-state index is 0.187. The van der Waals surface area contributed by atoms with Gasteiger partial charge in [0.2, 0.25) is 0 Å². The Morgan fingerprint density at radius 1 is 1.44 bits per heavy atom. The molecular weight excluding hydrogens is 237 g/mol. The highest BCUT2D eigenvalue weighted by molar-refractivity contribution is 5.35. The summed E-state index contributed by atoms with van der Waals surface area (Å²) in [6.07, 6.45) is -0.799. The Labute approximate surface area is 104 Å². The standard InChI is InChI=1S/C13H14FNO3/c1-8-5-11(18-15-8)7-17-13-4-3-10(14)6-12(13)9(2)16/h3-6,9,16H,7H2,1-2H3/t9-/m1/s1. The monoisotopic (exact) mass is 251 g/mol. The van der Waals surface area contributed by atoms with Crippen LogP contribution in [0.25, 0.3) is 0 Å². The predicted octanol–water partition coefficient (Wildman–Crippen LogP) is 2.75. The maximum Gasteiger partial charge on any atom is 0.174 e. The zero-order chi connectivity index (χ0) is 13.1. The summed E-state index contributed by atoms with van der Waals surface area (Å²) in [6, 6.07) is 5.78. The van der Waals surface area contributed by atoms with Crippen molar-refractivity contribution in [1.82, 2.24) is 5.16 Å². The van der Waals surface area contributed by atoms with Crippen LogP contribution >= 0.6 is 0 Å². The third-order valence-electron chi connectivity index (χ3n) is 2.47. The van der Waals surface area contributed by atoms with Crippen LogP contribution in [-0.2, 0) is 6.61 Å². The first-order chi connectivity index (χ1) is 8.56. The summed E-state index contributed by atoms with van der Waals surface area (Å²) in [4.78, 5) is 0. The quantitative estimate of drug-likeness (QED) is 0.907. The summed E-state index contributed by atoms with van der Waals surface area (Å²) < 4.78 is 23.6. The lowest BCUT2D eigenvalue weighted by atomic mass is 10.1. The van der Waals surface area contributed by atoms with Gasteiger partial charge >= 0.3 is 0 Å². The van der Waals surface area contributed by atoms with Crippen LogP contribution in [0.1, 0.15) is 30.0 Å². The van der Waals surface area contributed by atoms with Crippen molar-refractivity contribution in [2.75, 3.05) is 0 Å². The summed E-state index contributed by atoms with van der Waals surface area (Å²) in [5, 5.41) is 13.3. The predicted molar refractivity (Wildman–Crippen MR) is 62.6 cm³/mol. The minimum atomic E-state index is -0.799. The number of aliphatic hydroxyl groups is 1. The van der Waals surface area contributed by atoms with E-state index in [9.17, 15) is 9.50 Å². The molecule has 0 amide bonds. The van der Waals surface area contributed by atoms with Crippen LogP contribution in [0, 0.1) is 12.7 Å². The molecule has 0 fully saturated rings. The second kappa shape index (κ2) is 5.18. The lowest BCUT2D eigenvalue weighted by Gasteiger charge is -2.12. The normalized spacial score (nSPS) is 12.4. The third kappa shape index (κ3) is 2.87. The van der Waals surface area contributed by atoms with Crippen molar-refractivity contribution in [3.05, 3.63) is 47.1 Å². The molecule has 1 heterocycles. The van der Waals surface area contributed by atoms with Crippen molar-refractivity contribution in [1.29, 1.82) is 0 Å². The Morgan fingerprint density at radius 3 is 2.83 bits per heavy atom. The van der Waals surface area contributed by atoms with Crippen molar-refractivity contribution in [2.24, 2.45) is 0 Å². The molecule has 0 saturated heterocycles. The fourth-order valence-electron chi connectivity index (χ4n) is 1.61. The molecule has 2 aromatic rings.